The Bertz CT molecular complexity index is 295. The summed E-state index contributed by atoms with van der Waals surface area (Å²) >= 11 is 0. The topological polar surface area (TPSA) is 66.8 Å². The first kappa shape index (κ1) is 13.1. The Morgan fingerprint density at radius 2 is 2.12 bits per heavy atom. The van der Waals surface area contributed by atoms with E-state index < -0.39 is 12.0 Å². The number of hydrogen-bond acceptors (Lipinski definition) is 4. The smallest absolute Gasteiger partial charge is 0.317 e. The first-order chi connectivity index (χ1) is 7.20. The average Bonchev–Trinajstić information content (AvgIpc) is 1.97. The highest BCUT2D eigenvalue weighted by Crippen LogP contribution is 2.28. The summed E-state index contributed by atoms with van der Waals surface area (Å²) in [5.41, 5.74) is -0.312. The van der Waals surface area contributed by atoms with Gasteiger partial charge >= 0.3 is 5.97 Å². The third kappa shape index (κ3) is 3.28. The minimum atomic E-state index is -0.934. The van der Waals surface area contributed by atoms with E-state index in [0.717, 1.165) is 0 Å². The van der Waals surface area contributed by atoms with E-state index in [0.29, 0.717) is 6.42 Å². The molecule has 0 aromatic carbocycles. The van der Waals surface area contributed by atoms with Gasteiger partial charge in [0, 0.05) is 6.42 Å². The maximum Gasteiger partial charge on any atom is 0.317 e. The van der Waals surface area contributed by atoms with Crippen molar-refractivity contribution in [3.8, 4) is 0 Å². The van der Waals surface area contributed by atoms with Gasteiger partial charge in [-0.15, -0.1) is 0 Å². The third-order valence-corrected chi connectivity index (χ3v) is 2.45. The second-order valence-corrected chi connectivity index (χ2v) is 5.19. The van der Waals surface area contributed by atoms with E-state index in [1.165, 1.54) is 4.90 Å². The molecule has 0 aromatic heterocycles. The van der Waals surface area contributed by atoms with Crippen LogP contribution in [0.1, 0.15) is 27.2 Å². The van der Waals surface area contributed by atoms with Crippen LogP contribution in [0.4, 0.5) is 0 Å². The first-order valence-electron chi connectivity index (χ1n) is 5.33. The number of ketones is 1. The van der Waals surface area contributed by atoms with Gasteiger partial charge in [0.15, 0.2) is 5.78 Å². The fraction of sp³-hybridized carbons (Fsp3) is 0.818. The minimum absolute atomic E-state index is 0.0537. The summed E-state index contributed by atoms with van der Waals surface area (Å²) in [5.74, 6) is -0.880. The van der Waals surface area contributed by atoms with E-state index in [4.69, 9.17) is 9.84 Å². The fourth-order valence-electron chi connectivity index (χ4n) is 1.88. The lowest BCUT2D eigenvalue weighted by atomic mass is 9.85. The molecule has 0 saturated heterocycles. The number of carbonyl (C=O) groups excluding carboxylic acids is 1. The average molecular weight is 229 g/mol. The normalized spacial score (nSPS) is 25.7. The van der Waals surface area contributed by atoms with Gasteiger partial charge in [-0.05, 0) is 27.8 Å². The van der Waals surface area contributed by atoms with E-state index in [2.05, 4.69) is 0 Å². The molecule has 1 N–H and O–H groups in total. The third-order valence-electron chi connectivity index (χ3n) is 2.45. The van der Waals surface area contributed by atoms with Crippen molar-refractivity contribution in [2.75, 3.05) is 13.6 Å². The van der Waals surface area contributed by atoms with E-state index >= 15 is 0 Å². The summed E-state index contributed by atoms with van der Waals surface area (Å²) in [6, 6.07) is -0.407. The molecule has 1 aliphatic rings. The Kier molecular flexibility index (Phi) is 3.70. The van der Waals surface area contributed by atoms with Gasteiger partial charge in [-0.2, -0.15) is 0 Å². The second-order valence-electron chi connectivity index (χ2n) is 5.19. The summed E-state index contributed by atoms with van der Waals surface area (Å²) in [6.45, 7) is 5.62. The lowest BCUT2D eigenvalue weighted by Gasteiger charge is -2.43. The summed E-state index contributed by atoms with van der Waals surface area (Å²) < 4.78 is 5.70. The van der Waals surface area contributed by atoms with Crippen molar-refractivity contribution < 1.29 is 19.4 Å². The molecule has 0 radical (unpaired) electrons. The van der Waals surface area contributed by atoms with Crippen LogP contribution in [0.2, 0.25) is 0 Å². The first-order valence-corrected chi connectivity index (χ1v) is 5.33. The van der Waals surface area contributed by atoms with Crippen LogP contribution in [0.15, 0.2) is 0 Å². The number of carboxylic acid groups (broad SMARTS) is 1. The summed E-state index contributed by atoms with van der Waals surface area (Å²) in [7, 11) is 1.63. The zero-order chi connectivity index (χ0) is 12.5. The molecule has 2 atom stereocenters. The number of likely N-dealkylation sites (N-methyl/N-ethyl adjacent to an activating group) is 1. The monoisotopic (exact) mass is 229 g/mol. The summed E-state index contributed by atoms with van der Waals surface area (Å²) in [5, 5.41) is 8.66. The van der Waals surface area contributed by atoms with E-state index in [9.17, 15) is 9.59 Å². The van der Waals surface area contributed by atoms with Gasteiger partial charge in [0.05, 0.1) is 24.3 Å². The molecule has 0 spiro atoms. The van der Waals surface area contributed by atoms with Crippen LogP contribution >= 0.6 is 0 Å². The zero-order valence-electron chi connectivity index (χ0n) is 10.2. The van der Waals surface area contributed by atoms with Crippen LogP contribution in [0.3, 0.4) is 0 Å². The van der Waals surface area contributed by atoms with Crippen molar-refractivity contribution in [1.29, 1.82) is 0 Å². The van der Waals surface area contributed by atoms with Gasteiger partial charge in [-0.25, -0.2) is 0 Å². The molecule has 0 aromatic rings. The van der Waals surface area contributed by atoms with Crippen LogP contribution < -0.4 is 0 Å². The Labute approximate surface area is 95.4 Å². The molecule has 1 aliphatic carbocycles. The quantitative estimate of drug-likeness (QED) is 0.761. The molecule has 16 heavy (non-hydrogen) atoms. The van der Waals surface area contributed by atoms with Gasteiger partial charge in [0.1, 0.15) is 0 Å². The molecule has 1 saturated carbocycles. The van der Waals surface area contributed by atoms with Crippen molar-refractivity contribution in [2.24, 2.45) is 0 Å². The lowest BCUT2D eigenvalue weighted by molar-refractivity contribution is -0.164. The minimum Gasteiger partial charge on any atom is -0.480 e. The number of rotatable bonds is 4. The molecular weight excluding hydrogens is 210 g/mol. The predicted molar refractivity (Wildman–Crippen MR) is 58.3 cm³/mol. The van der Waals surface area contributed by atoms with Gasteiger partial charge in [0.2, 0.25) is 0 Å². The van der Waals surface area contributed by atoms with Gasteiger partial charge in [-0.3, -0.25) is 14.5 Å². The molecule has 0 bridgehead atoms. The molecule has 5 heteroatoms. The van der Waals surface area contributed by atoms with Crippen LogP contribution in [0, 0.1) is 0 Å². The summed E-state index contributed by atoms with van der Waals surface area (Å²) in [4.78, 5) is 23.5. The Morgan fingerprint density at radius 1 is 1.56 bits per heavy atom. The Morgan fingerprint density at radius 3 is 2.50 bits per heavy atom. The number of Topliss-reactive ketones (excluding diaryl/α,β-unsaturated/α-hetero) is 1. The van der Waals surface area contributed by atoms with E-state index in [1.54, 1.807) is 7.05 Å². The molecule has 5 nitrogen and oxygen atoms in total. The molecule has 92 valence electrons. The number of hydrogen-bond donors (Lipinski definition) is 1. The molecular formula is C11H19NO4. The second kappa shape index (κ2) is 4.51. The SMILES string of the molecule is CN(CC(=O)O)C1C(=O)CC1OC(C)(C)C. The van der Waals surface area contributed by atoms with Gasteiger partial charge < -0.3 is 9.84 Å². The van der Waals surface area contributed by atoms with Crippen molar-refractivity contribution in [3.05, 3.63) is 0 Å². The molecule has 0 aliphatic heterocycles. The Balaban J connectivity index is 2.57. The zero-order valence-corrected chi connectivity index (χ0v) is 10.2. The van der Waals surface area contributed by atoms with Gasteiger partial charge in [-0.1, -0.05) is 0 Å². The lowest BCUT2D eigenvalue weighted by Crippen LogP contribution is -2.60. The van der Waals surface area contributed by atoms with Crippen LogP contribution in [0.25, 0.3) is 0 Å². The molecule has 1 rings (SSSR count). The predicted octanol–water partition coefficient (Wildman–Crippen LogP) is 0.528. The number of carbonyl (C=O) groups is 2. The molecule has 0 heterocycles. The summed E-state index contributed by atoms with van der Waals surface area (Å²) in [6.07, 6.45) is 0.197. The molecule has 2 unspecified atom stereocenters. The maximum absolute atomic E-state index is 11.4. The number of nitrogens with zero attached hydrogens (tertiary/aromatic N) is 1. The van der Waals surface area contributed by atoms with E-state index in [-0.39, 0.29) is 24.0 Å². The molecule has 1 fully saturated rings. The number of aliphatic carboxylic acids is 1. The largest absolute Gasteiger partial charge is 0.480 e. The van der Waals surface area contributed by atoms with Crippen LogP contribution in [-0.4, -0.2) is 53.1 Å². The maximum atomic E-state index is 11.4. The standard InChI is InChI=1S/C11H19NO4/c1-11(2,3)16-8-5-7(13)10(8)12(4)6-9(14)15/h8,10H,5-6H2,1-4H3,(H,14,15). The highest BCUT2D eigenvalue weighted by molar-refractivity contribution is 5.92. The fourth-order valence-corrected chi connectivity index (χ4v) is 1.88. The molecule has 0 amide bonds. The van der Waals surface area contributed by atoms with Crippen molar-refractivity contribution in [1.82, 2.24) is 4.90 Å². The highest BCUT2D eigenvalue weighted by Gasteiger charge is 2.45. The highest BCUT2D eigenvalue weighted by atomic mass is 16.5. The van der Waals surface area contributed by atoms with Crippen LogP contribution in [0.5, 0.6) is 0 Å². The van der Waals surface area contributed by atoms with Crippen molar-refractivity contribution in [2.45, 2.75) is 44.9 Å². The number of carboxylic acids is 1. The van der Waals surface area contributed by atoms with Crippen molar-refractivity contribution >= 4 is 11.8 Å². The van der Waals surface area contributed by atoms with Gasteiger partial charge in [0.25, 0.3) is 0 Å². The van der Waals surface area contributed by atoms with Crippen molar-refractivity contribution in [3.63, 3.8) is 0 Å². The Hall–Kier alpha value is -0.940. The number of ether oxygens (including phenoxy) is 1. The van der Waals surface area contributed by atoms with E-state index in [1.807, 2.05) is 20.8 Å². The van der Waals surface area contributed by atoms with Crippen LogP contribution in [-0.2, 0) is 14.3 Å².